The van der Waals surface area contributed by atoms with Gasteiger partial charge in [0.05, 0.1) is 11.3 Å². The number of carbonyl (C=O) groups is 2. The smallest absolute Gasteiger partial charge is 0.255 e. The van der Waals surface area contributed by atoms with Crippen LogP contribution in [0.1, 0.15) is 27.0 Å². The fourth-order valence-electron chi connectivity index (χ4n) is 3.51. The zero-order valence-electron chi connectivity index (χ0n) is 19.3. The second kappa shape index (κ2) is 11.0. The summed E-state index contributed by atoms with van der Waals surface area (Å²) in [6.45, 7) is 3.91. The molecule has 0 fully saturated rings. The first-order valence-electron chi connectivity index (χ1n) is 10.9. The molecule has 0 spiro atoms. The van der Waals surface area contributed by atoms with Crippen molar-refractivity contribution in [3.63, 3.8) is 0 Å². The third-order valence-corrected chi connectivity index (χ3v) is 7.26. The number of benzene rings is 3. The Kier molecular flexibility index (Phi) is 7.66. The Morgan fingerprint density at radius 1 is 0.971 bits per heavy atom. The Labute approximate surface area is 212 Å². The molecule has 5 nitrogen and oxygen atoms in total. The molecule has 0 radical (unpaired) electrons. The molecule has 2 N–H and O–H groups in total. The average molecular weight is 498 g/mol. The van der Waals surface area contributed by atoms with Crippen molar-refractivity contribution in [2.75, 3.05) is 16.4 Å². The summed E-state index contributed by atoms with van der Waals surface area (Å²) in [6, 6.07) is 25.0. The van der Waals surface area contributed by atoms with Gasteiger partial charge in [-0.15, -0.1) is 23.1 Å². The molecule has 174 valence electrons. The normalized spacial score (nSPS) is 10.4. The standard InChI is InChI=1S/C28H23N3O2S2/c1-18-10-12-20(13-11-18)25-16-35-28(24(25)15-29)31-26(32)17-34-22-8-5-7-21(14-22)30-27(33)23-9-4-3-6-19(23)2/h3-14,16H,17H2,1-2H3,(H,30,33)(H,31,32). The average Bonchev–Trinajstić information content (AvgIpc) is 3.26. The maximum atomic E-state index is 12.6. The highest BCUT2D eigenvalue weighted by molar-refractivity contribution is 8.00. The molecule has 1 aromatic heterocycles. The molecule has 0 aliphatic heterocycles. The number of hydrogen-bond acceptors (Lipinski definition) is 5. The third kappa shape index (κ3) is 5.99. The lowest BCUT2D eigenvalue weighted by Gasteiger charge is -2.09. The minimum Gasteiger partial charge on any atom is -0.322 e. The fraction of sp³-hybridized carbons (Fsp3) is 0.107. The summed E-state index contributed by atoms with van der Waals surface area (Å²) in [7, 11) is 0. The van der Waals surface area contributed by atoms with Crippen LogP contribution in [0, 0.1) is 25.2 Å². The van der Waals surface area contributed by atoms with Crippen LogP contribution in [-0.4, -0.2) is 17.6 Å². The number of nitrogens with zero attached hydrogens (tertiary/aromatic N) is 1. The van der Waals surface area contributed by atoms with E-state index in [1.54, 1.807) is 6.07 Å². The Hall–Kier alpha value is -3.86. The largest absolute Gasteiger partial charge is 0.322 e. The van der Waals surface area contributed by atoms with Crippen LogP contribution in [0.15, 0.2) is 83.1 Å². The highest BCUT2D eigenvalue weighted by atomic mass is 32.2. The molecule has 0 saturated carbocycles. The molecule has 3 aromatic carbocycles. The molecule has 0 unspecified atom stereocenters. The van der Waals surface area contributed by atoms with Gasteiger partial charge in [-0.05, 0) is 49.2 Å². The Morgan fingerprint density at radius 2 is 1.74 bits per heavy atom. The number of rotatable bonds is 7. The number of aryl methyl sites for hydroxylation is 2. The molecular weight excluding hydrogens is 474 g/mol. The molecule has 7 heteroatoms. The Morgan fingerprint density at radius 3 is 2.49 bits per heavy atom. The van der Waals surface area contributed by atoms with E-state index in [4.69, 9.17) is 0 Å². The van der Waals surface area contributed by atoms with Gasteiger partial charge < -0.3 is 10.6 Å². The summed E-state index contributed by atoms with van der Waals surface area (Å²) in [5.74, 6) is -0.190. The summed E-state index contributed by atoms with van der Waals surface area (Å²) in [5, 5.41) is 17.9. The molecule has 2 amide bonds. The van der Waals surface area contributed by atoms with Gasteiger partial charge in [0.2, 0.25) is 5.91 Å². The van der Waals surface area contributed by atoms with Gasteiger partial charge in [0.15, 0.2) is 0 Å². The van der Waals surface area contributed by atoms with E-state index in [1.807, 2.05) is 86.0 Å². The van der Waals surface area contributed by atoms with Crippen LogP contribution >= 0.6 is 23.1 Å². The third-order valence-electron chi connectivity index (χ3n) is 5.37. The lowest BCUT2D eigenvalue weighted by molar-refractivity contribution is -0.113. The zero-order valence-corrected chi connectivity index (χ0v) is 20.9. The SMILES string of the molecule is Cc1ccc(-c2csc(NC(=O)CSc3cccc(NC(=O)c4ccccc4C)c3)c2C#N)cc1. The summed E-state index contributed by atoms with van der Waals surface area (Å²) in [6.07, 6.45) is 0. The van der Waals surface area contributed by atoms with Gasteiger partial charge in [0, 0.05) is 27.1 Å². The van der Waals surface area contributed by atoms with Crippen molar-refractivity contribution in [1.29, 1.82) is 5.26 Å². The van der Waals surface area contributed by atoms with E-state index in [1.165, 1.54) is 23.1 Å². The van der Waals surface area contributed by atoms with E-state index in [0.717, 1.165) is 27.1 Å². The summed E-state index contributed by atoms with van der Waals surface area (Å²) in [4.78, 5) is 26.1. The molecule has 0 saturated heterocycles. The van der Waals surface area contributed by atoms with E-state index < -0.39 is 0 Å². The molecule has 0 bridgehead atoms. The van der Waals surface area contributed by atoms with Crippen molar-refractivity contribution in [2.24, 2.45) is 0 Å². The van der Waals surface area contributed by atoms with Crippen LogP contribution < -0.4 is 10.6 Å². The predicted octanol–water partition coefficient (Wildman–Crippen LogP) is 6.89. The second-order valence-electron chi connectivity index (χ2n) is 7.97. The van der Waals surface area contributed by atoms with Gasteiger partial charge in [-0.25, -0.2) is 0 Å². The minimum absolute atomic E-state index is 0.172. The molecule has 35 heavy (non-hydrogen) atoms. The fourth-order valence-corrected chi connectivity index (χ4v) is 5.20. The van der Waals surface area contributed by atoms with Crippen LogP contribution in [0.5, 0.6) is 0 Å². The molecule has 4 rings (SSSR count). The first kappa shape index (κ1) is 24.3. The lowest BCUT2D eigenvalue weighted by atomic mass is 10.0. The number of amides is 2. The quantitative estimate of drug-likeness (QED) is 0.273. The molecule has 0 aliphatic rings. The number of thiophene rings is 1. The number of carbonyl (C=O) groups excluding carboxylic acids is 2. The molecular formula is C28H23N3O2S2. The monoisotopic (exact) mass is 497 g/mol. The highest BCUT2D eigenvalue weighted by Crippen LogP contribution is 2.35. The van der Waals surface area contributed by atoms with E-state index in [9.17, 15) is 14.9 Å². The van der Waals surface area contributed by atoms with Crippen molar-refractivity contribution < 1.29 is 9.59 Å². The predicted molar refractivity (Wildman–Crippen MR) is 144 cm³/mol. The lowest BCUT2D eigenvalue weighted by Crippen LogP contribution is -2.14. The van der Waals surface area contributed by atoms with Crippen LogP contribution in [0.25, 0.3) is 11.1 Å². The topological polar surface area (TPSA) is 82.0 Å². The van der Waals surface area contributed by atoms with Crippen molar-refractivity contribution in [3.05, 3.63) is 100 Å². The Balaban J connectivity index is 1.38. The van der Waals surface area contributed by atoms with Crippen LogP contribution in [-0.2, 0) is 4.79 Å². The van der Waals surface area contributed by atoms with Crippen LogP contribution in [0.2, 0.25) is 0 Å². The first-order valence-corrected chi connectivity index (χ1v) is 12.8. The van der Waals surface area contributed by atoms with E-state index in [2.05, 4.69) is 16.7 Å². The zero-order chi connectivity index (χ0) is 24.8. The van der Waals surface area contributed by atoms with Crippen molar-refractivity contribution in [3.8, 4) is 17.2 Å². The second-order valence-corrected chi connectivity index (χ2v) is 9.89. The van der Waals surface area contributed by atoms with Crippen molar-refractivity contribution in [1.82, 2.24) is 0 Å². The number of anilines is 2. The summed E-state index contributed by atoms with van der Waals surface area (Å²) < 4.78 is 0. The summed E-state index contributed by atoms with van der Waals surface area (Å²) in [5.41, 5.74) is 5.57. The van der Waals surface area contributed by atoms with Crippen molar-refractivity contribution in [2.45, 2.75) is 18.7 Å². The summed E-state index contributed by atoms with van der Waals surface area (Å²) >= 11 is 2.71. The van der Waals surface area contributed by atoms with Gasteiger partial charge >= 0.3 is 0 Å². The molecule has 0 aliphatic carbocycles. The van der Waals surface area contributed by atoms with E-state index in [0.29, 0.717) is 21.8 Å². The van der Waals surface area contributed by atoms with Crippen LogP contribution in [0.3, 0.4) is 0 Å². The maximum absolute atomic E-state index is 12.6. The minimum atomic E-state index is -0.196. The van der Waals surface area contributed by atoms with Gasteiger partial charge in [-0.3, -0.25) is 9.59 Å². The maximum Gasteiger partial charge on any atom is 0.255 e. The number of nitriles is 1. The molecule has 4 aromatic rings. The first-order chi connectivity index (χ1) is 16.9. The highest BCUT2D eigenvalue weighted by Gasteiger charge is 2.16. The molecule has 1 heterocycles. The Bertz CT molecular complexity index is 1420. The van der Waals surface area contributed by atoms with Gasteiger partial charge in [0.1, 0.15) is 11.1 Å². The molecule has 0 atom stereocenters. The van der Waals surface area contributed by atoms with Gasteiger partial charge in [-0.1, -0.05) is 54.1 Å². The van der Waals surface area contributed by atoms with Crippen molar-refractivity contribution >= 4 is 45.6 Å². The van der Waals surface area contributed by atoms with Crippen LogP contribution in [0.4, 0.5) is 10.7 Å². The number of thioether (sulfide) groups is 1. The van der Waals surface area contributed by atoms with E-state index >= 15 is 0 Å². The van der Waals surface area contributed by atoms with Gasteiger partial charge in [0.25, 0.3) is 5.91 Å². The van der Waals surface area contributed by atoms with E-state index in [-0.39, 0.29) is 17.6 Å². The number of nitrogens with one attached hydrogen (secondary N) is 2. The van der Waals surface area contributed by atoms with Gasteiger partial charge in [-0.2, -0.15) is 5.26 Å². The number of hydrogen-bond donors (Lipinski definition) is 2.